The van der Waals surface area contributed by atoms with E-state index in [4.69, 9.17) is 10.5 Å². The second-order valence-corrected chi connectivity index (χ2v) is 5.86. The largest absolute Gasteiger partial charge is 0.480 e. The van der Waals surface area contributed by atoms with Crippen LogP contribution in [0.5, 0.6) is 5.75 Å². The molecule has 1 fully saturated rings. The highest BCUT2D eigenvalue weighted by Crippen LogP contribution is 2.32. The Morgan fingerprint density at radius 2 is 2.20 bits per heavy atom. The molecule has 108 valence electrons. The van der Waals surface area contributed by atoms with Gasteiger partial charge in [-0.25, -0.2) is 0 Å². The Morgan fingerprint density at radius 1 is 1.40 bits per heavy atom. The van der Waals surface area contributed by atoms with Crippen molar-refractivity contribution in [2.45, 2.75) is 37.8 Å². The number of para-hydroxylation sites is 1. The van der Waals surface area contributed by atoms with E-state index in [0.29, 0.717) is 18.9 Å². The molecule has 0 saturated heterocycles. The maximum atomic E-state index is 12.6. The van der Waals surface area contributed by atoms with Gasteiger partial charge in [-0.05, 0) is 36.9 Å². The minimum atomic E-state index is -0.364. The van der Waals surface area contributed by atoms with Crippen molar-refractivity contribution >= 4 is 5.91 Å². The Bertz CT molecular complexity index is 478. The van der Waals surface area contributed by atoms with Gasteiger partial charge in [0.1, 0.15) is 5.75 Å². The van der Waals surface area contributed by atoms with Crippen molar-refractivity contribution in [2.24, 2.45) is 11.7 Å². The summed E-state index contributed by atoms with van der Waals surface area (Å²) >= 11 is 0. The average molecular weight is 274 g/mol. The van der Waals surface area contributed by atoms with Crippen LogP contribution in [0.25, 0.3) is 0 Å². The molecule has 1 aliphatic heterocycles. The van der Waals surface area contributed by atoms with Gasteiger partial charge in [0.15, 0.2) is 6.10 Å². The van der Waals surface area contributed by atoms with Crippen LogP contribution in [0.15, 0.2) is 24.3 Å². The van der Waals surface area contributed by atoms with E-state index in [2.05, 4.69) is 0 Å². The first kappa shape index (κ1) is 13.4. The van der Waals surface area contributed by atoms with Gasteiger partial charge in [0.05, 0.1) is 0 Å². The van der Waals surface area contributed by atoms with E-state index in [9.17, 15) is 4.79 Å². The van der Waals surface area contributed by atoms with Gasteiger partial charge in [-0.1, -0.05) is 24.6 Å². The number of benzene rings is 1. The number of hydrogen-bond acceptors (Lipinski definition) is 3. The summed E-state index contributed by atoms with van der Waals surface area (Å²) in [6, 6.07) is 8.17. The minimum absolute atomic E-state index is 0.0894. The third kappa shape index (κ3) is 2.29. The third-order valence-corrected chi connectivity index (χ3v) is 4.69. The molecule has 3 rings (SSSR count). The highest BCUT2D eigenvalue weighted by atomic mass is 16.5. The molecule has 2 aliphatic rings. The smallest absolute Gasteiger partial charge is 0.263 e. The fourth-order valence-electron chi connectivity index (χ4n) is 3.51. The Hall–Kier alpha value is -1.55. The molecule has 1 saturated carbocycles. The van der Waals surface area contributed by atoms with Crippen LogP contribution in [-0.4, -0.2) is 36.5 Å². The average Bonchev–Trinajstić information content (AvgIpc) is 3.11. The third-order valence-electron chi connectivity index (χ3n) is 4.69. The van der Waals surface area contributed by atoms with Gasteiger partial charge in [0.2, 0.25) is 0 Å². The number of rotatable bonds is 3. The summed E-state index contributed by atoms with van der Waals surface area (Å²) in [7, 11) is 1.90. The van der Waals surface area contributed by atoms with Crippen molar-refractivity contribution in [1.29, 1.82) is 0 Å². The Kier molecular flexibility index (Phi) is 3.66. The second kappa shape index (κ2) is 5.44. The molecule has 0 spiro atoms. The molecule has 1 aromatic carbocycles. The number of fused-ring (bicyclic) bond motifs is 1. The minimum Gasteiger partial charge on any atom is -0.480 e. The highest BCUT2D eigenvalue weighted by Gasteiger charge is 2.37. The summed E-state index contributed by atoms with van der Waals surface area (Å²) in [5.74, 6) is 1.38. The van der Waals surface area contributed by atoms with Crippen molar-refractivity contribution in [2.75, 3.05) is 13.6 Å². The summed E-state index contributed by atoms with van der Waals surface area (Å²) in [6.45, 7) is 0.661. The second-order valence-electron chi connectivity index (χ2n) is 5.86. The number of likely N-dealkylation sites (N-methyl/N-ethyl adjacent to an activating group) is 1. The van der Waals surface area contributed by atoms with Crippen molar-refractivity contribution in [3.63, 3.8) is 0 Å². The molecule has 1 heterocycles. The van der Waals surface area contributed by atoms with E-state index >= 15 is 0 Å². The van der Waals surface area contributed by atoms with Gasteiger partial charge in [-0.3, -0.25) is 4.79 Å². The molecule has 1 aliphatic carbocycles. The molecule has 0 aromatic heterocycles. The van der Waals surface area contributed by atoms with E-state index in [1.54, 1.807) is 0 Å². The number of nitrogens with two attached hydrogens (primary N) is 1. The lowest BCUT2D eigenvalue weighted by Crippen LogP contribution is -2.47. The number of ether oxygens (including phenoxy) is 1. The lowest BCUT2D eigenvalue weighted by Gasteiger charge is -2.30. The van der Waals surface area contributed by atoms with Crippen molar-refractivity contribution in [3.8, 4) is 5.75 Å². The highest BCUT2D eigenvalue weighted by molar-refractivity contribution is 5.82. The van der Waals surface area contributed by atoms with Crippen LogP contribution in [0.4, 0.5) is 0 Å². The molecule has 4 heteroatoms. The van der Waals surface area contributed by atoms with Crippen LogP contribution in [0.2, 0.25) is 0 Å². The molecule has 2 N–H and O–H groups in total. The predicted octanol–water partition coefficient (Wildman–Crippen LogP) is 1.58. The molecule has 3 unspecified atom stereocenters. The van der Waals surface area contributed by atoms with Crippen LogP contribution < -0.4 is 10.5 Å². The van der Waals surface area contributed by atoms with Gasteiger partial charge in [0.25, 0.3) is 5.91 Å². The van der Waals surface area contributed by atoms with Gasteiger partial charge in [-0.2, -0.15) is 0 Å². The normalized spacial score (nSPS) is 28.0. The molecule has 1 amide bonds. The zero-order chi connectivity index (χ0) is 14.1. The number of nitrogens with zero attached hydrogens (tertiary/aromatic N) is 1. The van der Waals surface area contributed by atoms with E-state index < -0.39 is 0 Å². The number of carbonyl (C=O) groups is 1. The maximum absolute atomic E-state index is 12.6. The predicted molar refractivity (Wildman–Crippen MR) is 77.5 cm³/mol. The molecule has 0 radical (unpaired) electrons. The lowest BCUT2D eigenvalue weighted by atomic mass is 10.0. The van der Waals surface area contributed by atoms with Crippen LogP contribution in [0.1, 0.15) is 24.8 Å². The first-order valence-corrected chi connectivity index (χ1v) is 7.42. The lowest BCUT2D eigenvalue weighted by molar-refractivity contribution is -0.139. The number of hydrogen-bond donors (Lipinski definition) is 1. The fourth-order valence-corrected chi connectivity index (χ4v) is 3.51. The Balaban J connectivity index is 1.68. The standard InChI is InChI=1S/C16H22N2O2/c1-18(13-7-4-6-12(13)10-17)16(19)15-9-11-5-2-3-8-14(11)20-15/h2-3,5,8,12-13,15H,4,6-7,9-10,17H2,1H3. The van der Waals surface area contributed by atoms with Crippen LogP contribution >= 0.6 is 0 Å². The zero-order valence-electron chi connectivity index (χ0n) is 11.9. The van der Waals surface area contributed by atoms with E-state index in [0.717, 1.165) is 30.6 Å². The molecular weight excluding hydrogens is 252 g/mol. The van der Waals surface area contributed by atoms with Crippen LogP contribution in [-0.2, 0) is 11.2 Å². The summed E-state index contributed by atoms with van der Waals surface area (Å²) < 4.78 is 5.80. The first-order chi connectivity index (χ1) is 9.70. The maximum Gasteiger partial charge on any atom is 0.263 e. The summed E-state index contributed by atoms with van der Waals surface area (Å²) in [4.78, 5) is 14.5. The topological polar surface area (TPSA) is 55.6 Å². The van der Waals surface area contributed by atoms with Crippen molar-refractivity contribution in [3.05, 3.63) is 29.8 Å². The number of amides is 1. The fraction of sp³-hybridized carbons (Fsp3) is 0.562. The van der Waals surface area contributed by atoms with Gasteiger partial charge < -0.3 is 15.4 Å². The van der Waals surface area contributed by atoms with Crippen LogP contribution in [0, 0.1) is 5.92 Å². The Labute approximate surface area is 119 Å². The molecule has 0 bridgehead atoms. The monoisotopic (exact) mass is 274 g/mol. The molecule has 4 nitrogen and oxygen atoms in total. The zero-order valence-corrected chi connectivity index (χ0v) is 11.9. The van der Waals surface area contributed by atoms with E-state index in [1.165, 1.54) is 0 Å². The van der Waals surface area contributed by atoms with E-state index in [1.807, 2.05) is 36.2 Å². The van der Waals surface area contributed by atoms with Gasteiger partial charge in [0, 0.05) is 19.5 Å². The SMILES string of the molecule is CN(C(=O)C1Cc2ccccc2O1)C1CCCC1CN. The molecule has 3 atom stereocenters. The number of carbonyl (C=O) groups excluding carboxylic acids is 1. The summed E-state index contributed by atoms with van der Waals surface area (Å²) in [5.41, 5.74) is 6.94. The van der Waals surface area contributed by atoms with Crippen LogP contribution in [0.3, 0.4) is 0 Å². The van der Waals surface area contributed by atoms with Gasteiger partial charge in [-0.15, -0.1) is 0 Å². The molecular formula is C16H22N2O2. The molecule has 1 aromatic rings. The summed E-state index contributed by atoms with van der Waals surface area (Å²) in [5, 5.41) is 0. The summed E-state index contributed by atoms with van der Waals surface area (Å²) in [6.07, 6.45) is 3.67. The van der Waals surface area contributed by atoms with Crippen molar-refractivity contribution < 1.29 is 9.53 Å². The molecule has 20 heavy (non-hydrogen) atoms. The van der Waals surface area contributed by atoms with E-state index in [-0.39, 0.29) is 18.1 Å². The Morgan fingerprint density at radius 3 is 2.95 bits per heavy atom. The first-order valence-electron chi connectivity index (χ1n) is 7.42. The van der Waals surface area contributed by atoms with Gasteiger partial charge >= 0.3 is 0 Å². The quantitative estimate of drug-likeness (QED) is 0.910. The van der Waals surface area contributed by atoms with Crippen molar-refractivity contribution in [1.82, 2.24) is 4.90 Å².